The first-order valence-electron chi connectivity index (χ1n) is 6.80. The average Bonchev–Trinajstić information content (AvgIpc) is 2.43. The van der Waals surface area contributed by atoms with Gasteiger partial charge in [-0.15, -0.1) is 0 Å². The van der Waals surface area contributed by atoms with Crippen LogP contribution in [0.1, 0.15) is 30.6 Å². The number of carbonyl (C=O) groups is 1. The van der Waals surface area contributed by atoms with E-state index in [1.54, 1.807) is 0 Å². The van der Waals surface area contributed by atoms with Crippen LogP contribution >= 0.6 is 0 Å². The molecule has 0 aromatic carbocycles. The second kappa shape index (κ2) is 7.79. The van der Waals surface area contributed by atoms with Crippen LogP contribution in [0, 0.1) is 5.82 Å². The Labute approximate surface area is 119 Å². The molecule has 0 aliphatic heterocycles. The minimum Gasteiger partial charge on any atom is -0.368 e. The second-order valence-electron chi connectivity index (χ2n) is 4.97. The minimum atomic E-state index is -0.601. The fraction of sp³-hybridized carbons (Fsp3) is 0.571. The molecule has 5 nitrogen and oxygen atoms in total. The molecular weight excluding hydrogens is 259 g/mol. The summed E-state index contributed by atoms with van der Waals surface area (Å²) in [6.45, 7) is 5.04. The number of halogens is 1. The van der Waals surface area contributed by atoms with E-state index in [0.717, 1.165) is 6.42 Å². The number of aromatic nitrogens is 1. The van der Waals surface area contributed by atoms with E-state index < -0.39 is 11.7 Å². The smallest absolute Gasteiger partial charge is 0.254 e. The molecule has 0 saturated heterocycles. The molecule has 2 N–H and O–H groups in total. The van der Waals surface area contributed by atoms with Crippen molar-refractivity contribution in [3.63, 3.8) is 0 Å². The molecule has 1 aromatic heterocycles. The van der Waals surface area contributed by atoms with Gasteiger partial charge in [-0.1, -0.05) is 6.92 Å². The van der Waals surface area contributed by atoms with Crippen LogP contribution in [-0.2, 0) is 0 Å². The zero-order valence-corrected chi connectivity index (χ0v) is 12.5. The lowest BCUT2D eigenvalue weighted by Gasteiger charge is -2.20. The first-order valence-corrected chi connectivity index (χ1v) is 6.80. The molecule has 1 heterocycles. The van der Waals surface area contributed by atoms with Crippen LogP contribution in [0.25, 0.3) is 0 Å². The summed E-state index contributed by atoms with van der Waals surface area (Å²) in [5, 5.41) is 5.59. The third kappa shape index (κ3) is 4.45. The van der Waals surface area contributed by atoms with Crippen LogP contribution in [0.5, 0.6) is 0 Å². The average molecular weight is 282 g/mol. The molecule has 0 aliphatic carbocycles. The van der Waals surface area contributed by atoms with Gasteiger partial charge in [-0.05, 0) is 33.5 Å². The number of hydrogen-bond donors (Lipinski definition) is 2. The molecule has 1 amide bonds. The first kappa shape index (κ1) is 16.4. The summed E-state index contributed by atoms with van der Waals surface area (Å²) in [6, 6.07) is 1.57. The van der Waals surface area contributed by atoms with E-state index in [-0.39, 0.29) is 17.4 Å². The number of carbonyl (C=O) groups excluding carboxylic acids is 1. The Hall–Kier alpha value is -1.69. The number of rotatable bonds is 7. The van der Waals surface area contributed by atoms with E-state index >= 15 is 0 Å². The molecule has 20 heavy (non-hydrogen) atoms. The van der Waals surface area contributed by atoms with Gasteiger partial charge in [0.25, 0.3) is 5.91 Å². The number of likely N-dealkylation sites (N-methyl/N-ethyl adjacent to an activating group) is 1. The van der Waals surface area contributed by atoms with Crippen molar-refractivity contribution in [2.24, 2.45) is 0 Å². The molecule has 1 unspecified atom stereocenters. The van der Waals surface area contributed by atoms with Gasteiger partial charge in [0.05, 0.1) is 5.56 Å². The van der Waals surface area contributed by atoms with Gasteiger partial charge in [-0.3, -0.25) is 4.79 Å². The van der Waals surface area contributed by atoms with Crippen molar-refractivity contribution in [1.29, 1.82) is 0 Å². The van der Waals surface area contributed by atoms with Gasteiger partial charge in [0.1, 0.15) is 0 Å². The number of nitrogens with one attached hydrogen (secondary N) is 2. The molecule has 0 aliphatic rings. The maximum absolute atomic E-state index is 14.1. The largest absolute Gasteiger partial charge is 0.368 e. The zero-order valence-electron chi connectivity index (χ0n) is 12.5. The number of nitrogens with zero attached hydrogens (tertiary/aromatic N) is 2. The predicted molar refractivity (Wildman–Crippen MR) is 78.5 cm³/mol. The normalized spacial score (nSPS) is 12.3. The fourth-order valence-corrected chi connectivity index (χ4v) is 1.50. The quantitative estimate of drug-likeness (QED) is 0.799. The highest BCUT2D eigenvalue weighted by Crippen LogP contribution is 2.15. The molecule has 0 spiro atoms. The highest BCUT2D eigenvalue weighted by atomic mass is 19.1. The van der Waals surface area contributed by atoms with Crippen LogP contribution in [0.15, 0.2) is 12.3 Å². The lowest BCUT2D eigenvalue weighted by atomic mass is 10.2. The molecule has 112 valence electrons. The predicted octanol–water partition coefficient (Wildman–Crippen LogP) is 1.72. The fourth-order valence-electron chi connectivity index (χ4n) is 1.50. The van der Waals surface area contributed by atoms with Gasteiger partial charge < -0.3 is 15.5 Å². The third-order valence-electron chi connectivity index (χ3n) is 3.12. The van der Waals surface area contributed by atoms with E-state index in [1.165, 1.54) is 12.3 Å². The standard InChI is InChI=1S/C14H23FN4O/c1-5-7-16-13-12(15)11(6-8-17-13)14(20)18-9-10(2)19(3)4/h6,8,10H,5,7,9H2,1-4H3,(H,16,17)(H,18,20). The summed E-state index contributed by atoms with van der Waals surface area (Å²) in [7, 11) is 3.85. The van der Waals surface area contributed by atoms with Crippen molar-refractivity contribution < 1.29 is 9.18 Å². The second-order valence-corrected chi connectivity index (χ2v) is 4.97. The summed E-state index contributed by atoms with van der Waals surface area (Å²) in [4.78, 5) is 17.9. The molecule has 1 rings (SSSR count). The van der Waals surface area contributed by atoms with E-state index in [4.69, 9.17) is 0 Å². The SMILES string of the molecule is CCCNc1nccc(C(=O)NCC(C)N(C)C)c1F. The van der Waals surface area contributed by atoms with Gasteiger partial charge in [-0.25, -0.2) is 9.37 Å². The molecule has 1 atom stereocenters. The minimum absolute atomic E-state index is 0.0181. The third-order valence-corrected chi connectivity index (χ3v) is 3.12. The van der Waals surface area contributed by atoms with Crippen molar-refractivity contribution in [2.75, 3.05) is 32.5 Å². The number of anilines is 1. The van der Waals surface area contributed by atoms with Crippen molar-refractivity contribution in [3.05, 3.63) is 23.6 Å². The van der Waals surface area contributed by atoms with Crippen LogP contribution in [0.3, 0.4) is 0 Å². The van der Waals surface area contributed by atoms with Crippen LogP contribution in [-0.4, -0.2) is 49.0 Å². The monoisotopic (exact) mass is 282 g/mol. The van der Waals surface area contributed by atoms with Crippen molar-refractivity contribution in [2.45, 2.75) is 26.3 Å². The molecule has 0 radical (unpaired) electrons. The topological polar surface area (TPSA) is 57.3 Å². The number of hydrogen-bond acceptors (Lipinski definition) is 4. The molecule has 0 bridgehead atoms. The number of amides is 1. The highest BCUT2D eigenvalue weighted by Gasteiger charge is 2.16. The van der Waals surface area contributed by atoms with E-state index in [2.05, 4.69) is 15.6 Å². The Morgan fingerprint density at radius 3 is 2.80 bits per heavy atom. The maximum Gasteiger partial charge on any atom is 0.254 e. The van der Waals surface area contributed by atoms with Gasteiger partial charge in [0, 0.05) is 25.3 Å². The van der Waals surface area contributed by atoms with E-state index in [0.29, 0.717) is 13.1 Å². The van der Waals surface area contributed by atoms with Gasteiger partial charge in [-0.2, -0.15) is 0 Å². The molecular formula is C14H23FN4O. The molecule has 0 fully saturated rings. The molecule has 6 heteroatoms. The Bertz CT molecular complexity index is 451. The summed E-state index contributed by atoms with van der Waals surface area (Å²) in [5.41, 5.74) is 0.0181. The summed E-state index contributed by atoms with van der Waals surface area (Å²) in [6.07, 6.45) is 2.29. The van der Waals surface area contributed by atoms with Gasteiger partial charge in [0.15, 0.2) is 11.6 Å². The van der Waals surface area contributed by atoms with Crippen LogP contribution in [0.2, 0.25) is 0 Å². The molecule has 0 saturated carbocycles. The van der Waals surface area contributed by atoms with Gasteiger partial charge >= 0.3 is 0 Å². The highest BCUT2D eigenvalue weighted by molar-refractivity contribution is 5.95. The summed E-state index contributed by atoms with van der Waals surface area (Å²) < 4.78 is 14.1. The lowest BCUT2D eigenvalue weighted by molar-refractivity contribution is 0.0939. The number of pyridine rings is 1. The summed E-state index contributed by atoms with van der Waals surface area (Å²) in [5.74, 6) is -0.894. The van der Waals surface area contributed by atoms with Crippen molar-refractivity contribution in [1.82, 2.24) is 15.2 Å². The van der Waals surface area contributed by atoms with Crippen LogP contribution < -0.4 is 10.6 Å². The Kier molecular flexibility index (Phi) is 6.38. The first-order chi connectivity index (χ1) is 9.47. The Morgan fingerprint density at radius 2 is 2.20 bits per heavy atom. The lowest BCUT2D eigenvalue weighted by Crippen LogP contribution is -2.38. The Balaban J connectivity index is 2.73. The summed E-state index contributed by atoms with van der Waals surface area (Å²) >= 11 is 0. The zero-order chi connectivity index (χ0) is 15.1. The van der Waals surface area contributed by atoms with E-state index in [9.17, 15) is 9.18 Å². The van der Waals surface area contributed by atoms with Crippen molar-refractivity contribution in [3.8, 4) is 0 Å². The van der Waals surface area contributed by atoms with Crippen molar-refractivity contribution >= 4 is 11.7 Å². The Morgan fingerprint density at radius 1 is 1.50 bits per heavy atom. The molecule has 1 aromatic rings. The van der Waals surface area contributed by atoms with Crippen LogP contribution in [0.4, 0.5) is 10.2 Å². The van der Waals surface area contributed by atoms with Gasteiger partial charge in [0.2, 0.25) is 0 Å². The maximum atomic E-state index is 14.1. The van der Waals surface area contributed by atoms with E-state index in [1.807, 2.05) is 32.8 Å².